The second-order valence-electron chi connectivity index (χ2n) is 4.50. The third-order valence-electron chi connectivity index (χ3n) is 3.22. The number of aromatic nitrogens is 2. The van der Waals surface area contributed by atoms with E-state index in [0.29, 0.717) is 44.2 Å². The van der Waals surface area contributed by atoms with Gasteiger partial charge in [0.05, 0.1) is 38.2 Å². The van der Waals surface area contributed by atoms with E-state index in [9.17, 15) is 9.90 Å². The molecule has 2 rings (SSSR count). The molecule has 0 aromatic carbocycles. The van der Waals surface area contributed by atoms with Crippen molar-refractivity contribution in [1.82, 2.24) is 14.9 Å². The summed E-state index contributed by atoms with van der Waals surface area (Å²) in [5, 5.41) is 9.34. The fraction of sp³-hybridized carbons (Fsp3) is 0.615. The number of aliphatic hydroxyl groups is 1. The van der Waals surface area contributed by atoms with Crippen LogP contribution in [0.2, 0.25) is 0 Å². The quantitative estimate of drug-likeness (QED) is 0.783. The van der Waals surface area contributed by atoms with Gasteiger partial charge >= 0.3 is 0 Å². The highest BCUT2D eigenvalue weighted by atomic mass is 16.5. The molecule has 2 heterocycles. The van der Waals surface area contributed by atoms with Crippen molar-refractivity contribution >= 4 is 5.91 Å². The summed E-state index contributed by atoms with van der Waals surface area (Å²) in [6.45, 7) is 1.61. The van der Waals surface area contributed by atoms with Crippen molar-refractivity contribution in [2.75, 3.05) is 40.1 Å². The fourth-order valence-electron chi connectivity index (χ4n) is 2.14. The predicted octanol–water partition coefficient (Wildman–Crippen LogP) is -0.501. The van der Waals surface area contributed by atoms with Crippen molar-refractivity contribution in [1.29, 1.82) is 0 Å². The van der Waals surface area contributed by atoms with Gasteiger partial charge in [-0.15, -0.1) is 0 Å². The Balaban J connectivity index is 2.19. The number of ether oxygens (including phenoxy) is 2. The maximum absolute atomic E-state index is 12.6. The number of nitrogens with zero attached hydrogens (tertiary/aromatic N) is 3. The molecule has 1 aromatic heterocycles. The van der Waals surface area contributed by atoms with Crippen molar-refractivity contribution in [3.05, 3.63) is 23.8 Å². The minimum absolute atomic E-state index is 0.126. The highest BCUT2D eigenvalue weighted by molar-refractivity contribution is 5.93. The summed E-state index contributed by atoms with van der Waals surface area (Å²) >= 11 is 0. The number of hydrogen-bond acceptors (Lipinski definition) is 6. The predicted molar refractivity (Wildman–Crippen MR) is 70.3 cm³/mol. The van der Waals surface area contributed by atoms with Gasteiger partial charge in [-0.3, -0.25) is 9.78 Å². The maximum Gasteiger partial charge on any atom is 0.274 e. The van der Waals surface area contributed by atoms with Crippen molar-refractivity contribution < 1.29 is 19.4 Å². The summed E-state index contributed by atoms with van der Waals surface area (Å²) in [4.78, 5) is 22.5. The maximum atomic E-state index is 12.6. The molecule has 0 unspecified atom stereocenters. The molecule has 0 spiro atoms. The van der Waals surface area contributed by atoms with Crippen molar-refractivity contribution in [3.63, 3.8) is 0 Å². The van der Waals surface area contributed by atoms with Crippen LogP contribution >= 0.6 is 0 Å². The normalized spacial score (nSPS) is 19.1. The summed E-state index contributed by atoms with van der Waals surface area (Å²) in [7, 11) is 1.60. The SMILES string of the molecule is COCCc1nccnc1C(=O)N1CCOC[C@H]1CO. The molecule has 0 saturated carbocycles. The lowest BCUT2D eigenvalue weighted by Gasteiger charge is -2.34. The average molecular weight is 281 g/mol. The molecule has 1 atom stereocenters. The average Bonchev–Trinajstić information content (AvgIpc) is 2.52. The van der Waals surface area contributed by atoms with E-state index in [4.69, 9.17) is 9.47 Å². The number of morpholine rings is 1. The number of methoxy groups -OCH3 is 1. The van der Waals surface area contributed by atoms with E-state index in [0.717, 1.165) is 0 Å². The first-order valence-corrected chi connectivity index (χ1v) is 6.56. The van der Waals surface area contributed by atoms with Crippen LogP contribution in [0.3, 0.4) is 0 Å². The zero-order chi connectivity index (χ0) is 14.4. The standard InChI is InChI=1S/C13H19N3O4/c1-19-6-2-11-12(15-4-3-14-11)13(18)16-5-7-20-9-10(16)8-17/h3-4,10,17H,2,5-9H2,1H3/t10-/m1/s1. The first kappa shape index (κ1) is 14.8. The fourth-order valence-corrected chi connectivity index (χ4v) is 2.14. The van der Waals surface area contributed by atoms with E-state index >= 15 is 0 Å². The van der Waals surface area contributed by atoms with Crippen LogP contribution in [0.25, 0.3) is 0 Å². The summed E-state index contributed by atoms with van der Waals surface area (Å²) in [5.74, 6) is -0.216. The van der Waals surface area contributed by atoms with Crippen LogP contribution in [-0.4, -0.2) is 72.0 Å². The third kappa shape index (κ3) is 3.30. The number of aliphatic hydroxyl groups excluding tert-OH is 1. The van der Waals surface area contributed by atoms with Gasteiger partial charge in [-0.25, -0.2) is 4.98 Å². The van der Waals surface area contributed by atoms with Gasteiger partial charge in [0.25, 0.3) is 5.91 Å². The van der Waals surface area contributed by atoms with Crippen molar-refractivity contribution in [2.24, 2.45) is 0 Å². The Bertz CT molecular complexity index is 455. The number of amides is 1. The molecule has 1 amide bonds. The lowest BCUT2D eigenvalue weighted by molar-refractivity contribution is -0.0187. The van der Waals surface area contributed by atoms with E-state index in [1.165, 1.54) is 6.20 Å². The molecule has 1 saturated heterocycles. The Labute approximate surface area is 117 Å². The van der Waals surface area contributed by atoms with Crippen LogP contribution in [0.15, 0.2) is 12.4 Å². The Hall–Kier alpha value is -1.57. The van der Waals surface area contributed by atoms with Gasteiger partial charge in [-0.1, -0.05) is 0 Å². The van der Waals surface area contributed by atoms with Gasteiger partial charge in [0.1, 0.15) is 5.69 Å². The van der Waals surface area contributed by atoms with E-state index in [1.54, 1.807) is 18.2 Å². The summed E-state index contributed by atoms with van der Waals surface area (Å²) < 4.78 is 10.3. The molecule has 0 aliphatic carbocycles. The van der Waals surface area contributed by atoms with Gasteiger partial charge in [0.2, 0.25) is 0 Å². The van der Waals surface area contributed by atoms with Crippen LogP contribution in [0.5, 0.6) is 0 Å². The van der Waals surface area contributed by atoms with Crippen molar-refractivity contribution in [3.8, 4) is 0 Å². The molecule has 1 aliphatic heterocycles. The van der Waals surface area contributed by atoms with Crippen LogP contribution in [-0.2, 0) is 15.9 Å². The largest absolute Gasteiger partial charge is 0.394 e. The molecular weight excluding hydrogens is 262 g/mol. The van der Waals surface area contributed by atoms with Crippen LogP contribution in [0.1, 0.15) is 16.2 Å². The number of hydrogen-bond donors (Lipinski definition) is 1. The summed E-state index contributed by atoms with van der Waals surface area (Å²) in [6, 6.07) is -0.325. The Morgan fingerprint density at radius 1 is 1.55 bits per heavy atom. The molecule has 1 aromatic rings. The topological polar surface area (TPSA) is 84.8 Å². The first-order valence-electron chi connectivity index (χ1n) is 6.56. The highest BCUT2D eigenvalue weighted by Gasteiger charge is 2.29. The van der Waals surface area contributed by atoms with Gasteiger partial charge in [-0.2, -0.15) is 0 Å². The number of carbonyl (C=O) groups excluding carboxylic acids is 1. The molecule has 0 radical (unpaired) electrons. The number of carbonyl (C=O) groups is 1. The molecule has 7 nitrogen and oxygen atoms in total. The zero-order valence-electron chi connectivity index (χ0n) is 11.5. The van der Waals surface area contributed by atoms with Gasteiger partial charge in [0, 0.05) is 32.5 Å². The second kappa shape index (κ2) is 7.28. The minimum atomic E-state index is -0.325. The molecule has 1 N–H and O–H groups in total. The first-order chi connectivity index (χ1) is 9.77. The van der Waals surface area contributed by atoms with E-state index in [2.05, 4.69) is 9.97 Å². The van der Waals surface area contributed by atoms with Gasteiger partial charge in [-0.05, 0) is 0 Å². The molecule has 7 heteroatoms. The van der Waals surface area contributed by atoms with Gasteiger partial charge in [0.15, 0.2) is 0 Å². The molecule has 1 aliphatic rings. The smallest absolute Gasteiger partial charge is 0.274 e. The Morgan fingerprint density at radius 3 is 3.10 bits per heavy atom. The summed E-state index contributed by atoms with van der Waals surface area (Å²) in [5.41, 5.74) is 0.937. The highest BCUT2D eigenvalue weighted by Crippen LogP contribution is 2.13. The molecular formula is C13H19N3O4. The number of rotatable bonds is 5. The van der Waals surface area contributed by atoms with Crippen LogP contribution in [0, 0.1) is 0 Å². The Kier molecular flexibility index (Phi) is 5.40. The van der Waals surface area contributed by atoms with E-state index in [-0.39, 0.29) is 18.6 Å². The molecule has 0 bridgehead atoms. The third-order valence-corrected chi connectivity index (χ3v) is 3.22. The Morgan fingerprint density at radius 2 is 2.35 bits per heavy atom. The monoisotopic (exact) mass is 281 g/mol. The van der Waals surface area contributed by atoms with Crippen molar-refractivity contribution in [2.45, 2.75) is 12.5 Å². The lowest BCUT2D eigenvalue weighted by Crippen LogP contribution is -2.50. The van der Waals surface area contributed by atoms with Crippen LogP contribution in [0.4, 0.5) is 0 Å². The second-order valence-corrected chi connectivity index (χ2v) is 4.50. The molecule has 20 heavy (non-hydrogen) atoms. The zero-order valence-corrected chi connectivity index (χ0v) is 11.5. The minimum Gasteiger partial charge on any atom is -0.394 e. The van der Waals surface area contributed by atoms with Gasteiger partial charge < -0.3 is 19.5 Å². The lowest BCUT2D eigenvalue weighted by atomic mass is 10.1. The van der Waals surface area contributed by atoms with E-state index < -0.39 is 0 Å². The van der Waals surface area contributed by atoms with Crippen LogP contribution < -0.4 is 0 Å². The molecule has 1 fully saturated rings. The van der Waals surface area contributed by atoms with E-state index in [1.807, 2.05) is 0 Å². The summed E-state index contributed by atoms with van der Waals surface area (Å²) in [6.07, 6.45) is 3.59. The molecule has 110 valence electrons.